The van der Waals surface area contributed by atoms with E-state index in [0.29, 0.717) is 4.72 Å². The Hall–Kier alpha value is -1.17. The summed E-state index contributed by atoms with van der Waals surface area (Å²) in [6, 6.07) is 0. The van der Waals surface area contributed by atoms with Crippen LogP contribution in [-0.2, 0) is 20.1 Å². The number of quaternary nitrogens is 1. The smallest absolute Gasteiger partial charge is 0.386 e. The lowest BCUT2D eigenvalue weighted by molar-refractivity contribution is -0.893. The largest absolute Gasteiger partial charge is 0.460 e. The van der Waals surface area contributed by atoms with E-state index < -0.39 is 97.7 Å². The van der Waals surface area contributed by atoms with Gasteiger partial charge in [0.25, 0.3) is 20.1 Å². The molecule has 0 saturated carbocycles. The molecule has 0 aromatic carbocycles. The van der Waals surface area contributed by atoms with Crippen LogP contribution in [-0.4, -0.2) is 112 Å². The third-order valence-electron chi connectivity index (χ3n) is 4.58. The first kappa shape index (κ1) is 35.8. The minimum Gasteiger partial charge on any atom is -0.386 e. The van der Waals surface area contributed by atoms with Crippen molar-refractivity contribution in [3.8, 4) is 0 Å². The van der Waals surface area contributed by atoms with Gasteiger partial charge in [-0.2, -0.15) is 65.5 Å². The summed E-state index contributed by atoms with van der Waals surface area (Å²) in [5.74, 6) is -33.7. The molecule has 3 N–H and O–H groups in total. The van der Waals surface area contributed by atoms with Gasteiger partial charge in [0, 0.05) is 13.0 Å². The lowest BCUT2D eigenvalue weighted by Gasteiger charge is -2.39. The standard InChI is InChI=1S/C14H19F13N2O6S2/c1-29(2,6-8(30)7-36(31,32)33)5-3-4-28-37(34,35)14(26,27)12(21,22)10(17,18)9(15,16)11(19,20)13(23,24)25/h8,28,30H,3-7H2,1-2H3/p+1. The number of halogens is 13. The molecule has 23 heteroatoms. The maximum Gasteiger partial charge on any atom is 0.460 e. The SMILES string of the molecule is C[N+](C)(CCCNS(=O)(=O)C(F)(F)C(F)(F)C(F)(F)C(F)(F)C(F)(F)C(F)(F)F)CC(O)CS(=O)(=O)O. The molecule has 0 bridgehead atoms. The van der Waals surface area contributed by atoms with E-state index in [1.54, 1.807) is 0 Å². The fourth-order valence-electron chi connectivity index (χ4n) is 2.69. The molecule has 0 aliphatic carbocycles. The fourth-order valence-corrected chi connectivity index (χ4v) is 4.34. The van der Waals surface area contributed by atoms with Crippen molar-refractivity contribution in [2.75, 3.05) is 39.5 Å². The molecule has 0 rings (SSSR count). The van der Waals surface area contributed by atoms with Crippen molar-refractivity contribution in [1.82, 2.24) is 4.72 Å². The van der Waals surface area contributed by atoms with Crippen LogP contribution >= 0.6 is 0 Å². The molecule has 1 unspecified atom stereocenters. The summed E-state index contributed by atoms with van der Waals surface area (Å²) in [7, 11) is -9.36. The van der Waals surface area contributed by atoms with Crippen LogP contribution in [0.3, 0.4) is 0 Å². The van der Waals surface area contributed by atoms with Crippen LogP contribution in [0.2, 0.25) is 0 Å². The van der Waals surface area contributed by atoms with E-state index in [1.165, 1.54) is 14.1 Å². The Morgan fingerprint density at radius 2 is 1.16 bits per heavy atom. The second-order valence-corrected chi connectivity index (χ2v) is 11.6. The van der Waals surface area contributed by atoms with Gasteiger partial charge in [-0.15, -0.1) is 0 Å². The Labute approximate surface area is 200 Å². The number of hydrogen-bond donors (Lipinski definition) is 3. The number of nitrogens with one attached hydrogen (secondary N) is 1. The highest BCUT2D eigenvalue weighted by Gasteiger charge is 2.92. The minimum absolute atomic E-state index is 0.404. The Balaban J connectivity index is 5.71. The molecule has 0 aromatic rings. The first-order valence-electron chi connectivity index (χ1n) is 9.21. The summed E-state index contributed by atoms with van der Waals surface area (Å²) in [6.45, 7) is -2.24. The fraction of sp³-hybridized carbons (Fsp3) is 1.00. The predicted molar refractivity (Wildman–Crippen MR) is 96.6 cm³/mol. The van der Waals surface area contributed by atoms with Crippen LogP contribution in [0, 0.1) is 0 Å². The first-order valence-corrected chi connectivity index (χ1v) is 12.3. The number of nitrogens with zero attached hydrogens (tertiary/aromatic N) is 1. The number of rotatable bonds is 14. The Morgan fingerprint density at radius 1 is 0.757 bits per heavy atom. The normalized spacial score (nSPS) is 16.7. The number of alkyl halides is 13. The second-order valence-electron chi connectivity index (χ2n) is 8.31. The average molecular weight is 623 g/mol. The van der Waals surface area contributed by atoms with Gasteiger partial charge in [0.1, 0.15) is 18.4 Å². The quantitative estimate of drug-likeness (QED) is 0.118. The van der Waals surface area contributed by atoms with Gasteiger partial charge in [0.15, 0.2) is 0 Å². The lowest BCUT2D eigenvalue weighted by Crippen LogP contribution is -2.71. The predicted octanol–water partition coefficient (Wildman–Crippen LogP) is 2.32. The number of sulfonamides is 1. The van der Waals surface area contributed by atoms with E-state index in [1.807, 2.05) is 0 Å². The monoisotopic (exact) mass is 623 g/mol. The highest BCUT2D eigenvalue weighted by atomic mass is 32.2. The van der Waals surface area contributed by atoms with Gasteiger partial charge in [-0.25, -0.2) is 13.1 Å². The summed E-state index contributed by atoms with van der Waals surface area (Å²) < 4.78 is 223. The molecule has 0 spiro atoms. The second kappa shape index (κ2) is 10.4. The van der Waals surface area contributed by atoms with Gasteiger partial charge in [-0.05, 0) is 0 Å². The summed E-state index contributed by atoms with van der Waals surface area (Å²) in [4.78, 5) is 0. The maximum atomic E-state index is 13.8. The van der Waals surface area contributed by atoms with Crippen molar-refractivity contribution in [3.05, 3.63) is 0 Å². The van der Waals surface area contributed by atoms with Crippen LogP contribution in [0.15, 0.2) is 0 Å². The van der Waals surface area contributed by atoms with Gasteiger partial charge >= 0.3 is 35.1 Å². The van der Waals surface area contributed by atoms with E-state index in [-0.39, 0.29) is 0 Å². The topological polar surface area (TPSA) is 121 Å². The van der Waals surface area contributed by atoms with Crippen LogP contribution in [0.4, 0.5) is 57.1 Å². The zero-order chi connectivity index (χ0) is 30.3. The lowest BCUT2D eigenvalue weighted by atomic mass is 9.98. The molecule has 0 aliphatic rings. The summed E-state index contributed by atoms with van der Waals surface area (Å²) in [6.07, 6.45) is -10.0. The zero-order valence-electron chi connectivity index (χ0n) is 18.3. The summed E-state index contributed by atoms with van der Waals surface area (Å²) in [5.41, 5.74) is 0. The van der Waals surface area contributed by atoms with Gasteiger partial charge in [-0.3, -0.25) is 4.55 Å². The zero-order valence-corrected chi connectivity index (χ0v) is 20.0. The minimum atomic E-state index is -8.26. The molecule has 0 saturated heterocycles. The molecule has 224 valence electrons. The molecule has 0 aromatic heterocycles. The Morgan fingerprint density at radius 3 is 1.54 bits per heavy atom. The summed E-state index contributed by atoms with van der Waals surface area (Å²) >= 11 is 0. The molecule has 0 aliphatic heterocycles. The molecular formula is C14H20F13N2O6S2+. The van der Waals surface area contributed by atoms with Crippen molar-refractivity contribution in [2.24, 2.45) is 0 Å². The van der Waals surface area contributed by atoms with Gasteiger partial charge < -0.3 is 9.59 Å². The van der Waals surface area contributed by atoms with Crippen LogP contribution in [0.25, 0.3) is 0 Å². The first-order chi connectivity index (χ1) is 15.8. The third kappa shape index (κ3) is 7.28. The number of hydrogen-bond acceptors (Lipinski definition) is 5. The molecule has 8 nitrogen and oxygen atoms in total. The maximum absolute atomic E-state index is 13.8. The van der Waals surface area contributed by atoms with Crippen molar-refractivity contribution in [1.29, 1.82) is 0 Å². The molecular weight excluding hydrogens is 603 g/mol. The van der Waals surface area contributed by atoms with Crippen molar-refractivity contribution in [3.63, 3.8) is 0 Å². The van der Waals surface area contributed by atoms with Crippen LogP contribution in [0.5, 0.6) is 0 Å². The number of aliphatic hydroxyl groups is 1. The molecule has 0 amide bonds. The van der Waals surface area contributed by atoms with E-state index in [4.69, 9.17) is 4.55 Å². The Kier molecular flexibility index (Phi) is 10.1. The molecule has 0 radical (unpaired) electrons. The summed E-state index contributed by atoms with van der Waals surface area (Å²) in [5, 5.41) is 2.19. The van der Waals surface area contributed by atoms with Gasteiger partial charge in [-0.1, -0.05) is 0 Å². The van der Waals surface area contributed by atoms with Crippen molar-refractivity contribution >= 4 is 20.1 Å². The average Bonchev–Trinajstić information content (AvgIpc) is 2.61. The molecule has 37 heavy (non-hydrogen) atoms. The van der Waals surface area contributed by atoms with Gasteiger partial charge in [0.2, 0.25) is 0 Å². The molecule has 1 atom stereocenters. The molecule has 0 heterocycles. The van der Waals surface area contributed by atoms with E-state index in [0.717, 1.165) is 0 Å². The van der Waals surface area contributed by atoms with Gasteiger partial charge in [0.05, 0.1) is 20.6 Å². The Bertz CT molecular complexity index is 1010. The van der Waals surface area contributed by atoms with E-state index >= 15 is 0 Å². The third-order valence-corrected chi connectivity index (χ3v) is 6.90. The molecule has 0 fully saturated rings. The highest BCUT2D eigenvalue weighted by molar-refractivity contribution is 7.90. The van der Waals surface area contributed by atoms with Crippen molar-refractivity contribution in [2.45, 2.75) is 47.6 Å². The van der Waals surface area contributed by atoms with E-state index in [9.17, 15) is 79.0 Å². The highest BCUT2D eigenvalue weighted by Crippen LogP contribution is 2.60. The van der Waals surface area contributed by atoms with Crippen LogP contribution in [0.1, 0.15) is 6.42 Å². The number of likely N-dealkylation sites (N-methyl/N-ethyl adjacent to an activating group) is 1. The van der Waals surface area contributed by atoms with E-state index in [2.05, 4.69) is 0 Å². The van der Waals surface area contributed by atoms with Crippen LogP contribution < -0.4 is 4.72 Å². The van der Waals surface area contributed by atoms with Crippen molar-refractivity contribution < 1.29 is 88.1 Å². The number of aliphatic hydroxyl groups excluding tert-OH is 1.